The molecule has 0 amide bonds. The van der Waals surface area contributed by atoms with Crippen molar-refractivity contribution >= 4 is 29.2 Å². The summed E-state index contributed by atoms with van der Waals surface area (Å²) >= 11 is 5.76. The molecule has 2 N–H and O–H groups in total. The highest BCUT2D eigenvalue weighted by molar-refractivity contribution is 6.30. The zero-order valence-corrected chi connectivity index (χ0v) is 14.4. The molecule has 0 aliphatic heterocycles. The molecule has 0 saturated carbocycles. The molecule has 0 saturated heterocycles. The van der Waals surface area contributed by atoms with E-state index in [2.05, 4.69) is 0 Å². The maximum atomic E-state index is 12.2. The fraction of sp³-hybridized carbons (Fsp3) is 0.250. The molecule has 25 heavy (non-hydrogen) atoms. The lowest BCUT2D eigenvalue weighted by molar-refractivity contribution is -0.141. The van der Waals surface area contributed by atoms with Crippen molar-refractivity contribution in [1.82, 2.24) is 9.13 Å². The van der Waals surface area contributed by atoms with Crippen LogP contribution in [0, 0.1) is 0 Å². The van der Waals surface area contributed by atoms with Gasteiger partial charge in [0.1, 0.15) is 11.4 Å². The highest BCUT2D eigenvalue weighted by atomic mass is 35.5. The summed E-state index contributed by atoms with van der Waals surface area (Å²) in [6.07, 6.45) is -0.0504. The number of esters is 1. The van der Waals surface area contributed by atoms with Gasteiger partial charge in [-0.2, -0.15) is 0 Å². The lowest BCUT2D eigenvalue weighted by Gasteiger charge is -2.11. The predicted octanol–water partition coefficient (Wildman–Crippen LogP) is 0.288. The Kier molecular flexibility index (Phi) is 5.43. The molecule has 2 aromatic rings. The third-order valence-corrected chi connectivity index (χ3v) is 3.87. The Morgan fingerprint density at radius 3 is 2.32 bits per heavy atom. The molecule has 0 bridgehead atoms. The Morgan fingerprint density at radius 1 is 1.12 bits per heavy atom. The smallest absolute Gasteiger partial charge is 0.332 e. The molecule has 1 heterocycles. The summed E-state index contributed by atoms with van der Waals surface area (Å²) in [5.74, 6) is -1.69. The van der Waals surface area contributed by atoms with E-state index in [4.69, 9.17) is 22.1 Å². The van der Waals surface area contributed by atoms with Gasteiger partial charge >= 0.3 is 11.7 Å². The van der Waals surface area contributed by atoms with Crippen LogP contribution in [0.2, 0.25) is 5.02 Å². The fourth-order valence-corrected chi connectivity index (χ4v) is 2.29. The zero-order valence-electron chi connectivity index (χ0n) is 13.6. The molecular weight excluding hydrogens is 350 g/mol. The van der Waals surface area contributed by atoms with Gasteiger partial charge in [0.15, 0.2) is 6.61 Å². The van der Waals surface area contributed by atoms with Gasteiger partial charge in [-0.3, -0.25) is 23.5 Å². The van der Waals surface area contributed by atoms with Gasteiger partial charge < -0.3 is 10.5 Å². The van der Waals surface area contributed by atoms with E-state index in [9.17, 15) is 19.2 Å². The average Bonchev–Trinajstić information content (AvgIpc) is 2.58. The molecular formula is C16H16ClN3O5. The quantitative estimate of drug-likeness (QED) is 0.601. The van der Waals surface area contributed by atoms with E-state index >= 15 is 0 Å². The first kappa shape index (κ1) is 18.5. The van der Waals surface area contributed by atoms with Crippen LogP contribution in [0.4, 0.5) is 5.82 Å². The van der Waals surface area contributed by atoms with Crippen LogP contribution in [0.5, 0.6) is 0 Å². The number of nitrogens with zero attached hydrogens (tertiary/aromatic N) is 2. The molecule has 1 aromatic heterocycles. The maximum absolute atomic E-state index is 12.2. The summed E-state index contributed by atoms with van der Waals surface area (Å²) in [4.78, 5) is 47.8. The van der Waals surface area contributed by atoms with Gasteiger partial charge in [-0.05, 0) is 17.7 Å². The molecule has 132 valence electrons. The second-order valence-electron chi connectivity index (χ2n) is 5.35. The Balaban J connectivity index is 2.10. The monoisotopic (exact) mass is 365 g/mol. The minimum absolute atomic E-state index is 0.0504. The van der Waals surface area contributed by atoms with Crippen LogP contribution in [-0.4, -0.2) is 27.5 Å². The second kappa shape index (κ2) is 7.35. The normalized spacial score (nSPS) is 10.5. The molecule has 2 rings (SSSR count). The molecule has 1 aromatic carbocycles. The SMILES string of the molecule is Cn1c(N)c(C(=O)COC(=O)Cc2ccc(Cl)cc2)c(=O)n(C)c1=O. The first-order valence-electron chi connectivity index (χ1n) is 7.21. The van der Waals surface area contributed by atoms with Crippen LogP contribution in [0.25, 0.3) is 0 Å². The number of benzene rings is 1. The van der Waals surface area contributed by atoms with E-state index in [1.54, 1.807) is 24.3 Å². The van der Waals surface area contributed by atoms with Gasteiger partial charge in [0.25, 0.3) is 5.56 Å². The molecule has 0 radical (unpaired) electrons. The number of hydrogen-bond donors (Lipinski definition) is 1. The zero-order chi connectivity index (χ0) is 18.7. The number of anilines is 1. The van der Waals surface area contributed by atoms with Crippen LogP contribution in [0.3, 0.4) is 0 Å². The molecule has 0 fully saturated rings. The number of carbonyl (C=O) groups is 2. The van der Waals surface area contributed by atoms with E-state index in [1.807, 2.05) is 0 Å². The lowest BCUT2D eigenvalue weighted by Crippen LogP contribution is -2.42. The number of nitrogens with two attached hydrogens (primary N) is 1. The van der Waals surface area contributed by atoms with Gasteiger partial charge in [0.2, 0.25) is 5.78 Å². The molecule has 0 unspecified atom stereocenters. The third kappa shape index (κ3) is 3.97. The number of halogens is 1. The number of hydrogen-bond acceptors (Lipinski definition) is 6. The summed E-state index contributed by atoms with van der Waals surface area (Å²) in [6.45, 7) is -0.649. The minimum Gasteiger partial charge on any atom is -0.457 e. The van der Waals surface area contributed by atoms with Crippen molar-refractivity contribution in [2.24, 2.45) is 14.1 Å². The molecule has 0 spiro atoms. The van der Waals surface area contributed by atoms with Gasteiger partial charge in [0.05, 0.1) is 6.42 Å². The van der Waals surface area contributed by atoms with Crippen molar-refractivity contribution in [2.45, 2.75) is 6.42 Å². The first-order valence-corrected chi connectivity index (χ1v) is 7.59. The Bertz CT molecular complexity index is 944. The number of Topliss-reactive ketones (excluding diaryl/α,β-unsaturated/α-hetero) is 1. The molecule has 9 heteroatoms. The van der Waals surface area contributed by atoms with E-state index < -0.39 is 29.6 Å². The standard InChI is InChI=1S/C16H16ClN3O5/c1-19-14(18)13(15(23)20(2)16(19)24)11(21)8-25-12(22)7-9-3-5-10(17)6-4-9/h3-6H,7-8,18H2,1-2H3. The second-order valence-corrected chi connectivity index (χ2v) is 5.79. The highest BCUT2D eigenvalue weighted by Gasteiger charge is 2.21. The third-order valence-electron chi connectivity index (χ3n) is 3.61. The van der Waals surface area contributed by atoms with E-state index in [1.165, 1.54) is 14.1 Å². The van der Waals surface area contributed by atoms with Crippen molar-refractivity contribution in [3.05, 3.63) is 61.3 Å². The van der Waals surface area contributed by atoms with Crippen LogP contribution < -0.4 is 17.0 Å². The number of aromatic nitrogens is 2. The number of nitrogen functional groups attached to an aromatic ring is 1. The van der Waals surface area contributed by atoms with Crippen LogP contribution in [-0.2, 0) is 30.0 Å². The summed E-state index contributed by atoms with van der Waals surface area (Å²) < 4.78 is 6.64. The fourth-order valence-electron chi connectivity index (χ4n) is 2.16. The topological polar surface area (TPSA) is 113 Å². The molecule has 0 aliphatic rings. The van der Waals surface area contributed by atoms with Gasteiger partial charge in [-0.25, -0.2) is 4.79 Å². The van der Waals surface area contributed by atoms with Crippen molar-refractivity contribution in [1.29, 1.82) is 0 Å². The van der Waals surface area contributed by atoms with Crippen molar-refractivity contribution in [3.8, 4) is 0 Å². The Labute approximate surface area is 147 Å². The summed E-state index contributed by atoms with van der Waals surface area (Å²) in [5.41, 5.74) is 4.47. The van der Waals surface area contributed by atoms with Crippen LogP contribution in [0.15, 0.2) is 33.9 Å². The van der Waals surface area contributed by atoms with E-state index in [0.717, 1.165) is 9.13 Å². The average molecular weight is 366 g/mol. The van der Waals surface area contributed by atoms with Crippen molar-refractivity contribution < 1.29 is 14.3 Å². The van der Waals surface area contributed by atoms with Gasteiger partial charge in [-0.1, -0.05) is 23.7 Å². The molecule has 0 aliphatic carbocycles. The summed E-state index contributed by atoms with van der Waals surface area (Å²) in [7, 11) is 2.56. The lowest BCUT2D eigenvalue weighted by atomic mass is 10.1. The van der Waals surface area contributed by atoms with Crippen molar-refractivity contribution in [3.63, 3.8) is 0 Å². The van der Waals surface area contributed by atoms with Crippen LogP contribution >= 0.6 is 11.6 Å². The largest absolute Gasteiger partial charge is 0.457 e. The highest BCUT2D eigenvalue weighted by Crippen LogP contribution is 2.10. The van der Waals surface area contributed by atoms with Gasteiger partial charge in [0, 0.05) is 19.1 Å². The van der Waals surface area contributed by atoms with Gasteiger partial charge in [-0.15, -0.1) is 0 Å². The van der Waals surface area contributed by atoms with E-state index in [-0.39, 0.29) is 17.8 Å². The molecule has 8 nitrogen and oxygen atoms in total. The number of ether oxygens (including phenoxy) is 1. The minimum atomic E-state index is -0.834. The summed E-state index contributed by atoms with van der Waals surface area (Å²) in [5, 5.41) is 0.535. The number of ketones is 1. The maximum Gasteiger partial charge on any atom is 0.332 e. The van der Waals surface area contributed by atoms with Crippen molar-refractivity contribution in [2.75, 3.05) is 12.3 Å². The predicted molar refractivity (Wildman–Crippen MR) is 91.8 cm³/mol. The van der Waals surface area contributed by atoms with E-state index in [0.29, 0.717) is 10.6 Å². The Hall–Kier alpha value is -2.87. The Morgan fingerprint density at radius 2 is 1.72 bits per heavy atom. The number of carbonyl (C=O) groups excluding carboxylic acids is 2. The summed E-state index contributed by atoms with van der Waals surface area (Å²) in [6, 6.07) is 6.58. The van der Waals surface area contributed by atoms with Crippen LogP contribution in [0.1, 0.15) is 15.9 Å². The first-order chi connectivity index (χ1) is 11.7. The molecule has 0 atom stereocenters. The number of rotatable bonds is 5.